The lowest BCUT2D eigenvalue weighted by Crippen LogP contribution is -2.24. The van der Waals surface area contributed by atoms with Crippen molar-refractivity contribution >= 4 is 21.4 Å². The lowest BCUT2D eigenvalue weighted by molar-refractivity contribution is 0.577. The summed E-state index contributed by atoms with van der Waals surface area (Å²) in [4.78, 5) is 5.22. The average molecular weight is 329 g/mol. The lowest BCUT2D eigenvalue weighted by Gasteiger charge is -2.06. The van der Waals surface area contributed by atoms with E-state index in [1.807, 2.05) is 6.92 Å². The van der Waals surface area contributed by atoms with E-state index < -0.39 is 10.0 Å². The van der Waals surface area contributed by atoms with Gasteiger partial charge in [0.15, 0.2) is 0 Å². The van der Waals surface area contributed by atoms with Crippen molar-refractivity contribution in [2.45, 2.75) is 38.8 Å². The van der Waals surface area contributed by atoms with Crippen LogP contribution in [-0.2, 0) is 23.1 Å². The number of rotatable bonds is 6. The Hall–Kier alpha value is -1.29. The predicted molar refractivity (Wildman–Crippen MR) is 81.6 cm³/mol. The quantitative estimate of drug-likeness (QED) is 0.812. The number of thiazole rings is 1. The zero-order valence-electron chi connectivity index (χ0n) is 12.3. The highest BCUT2D eigenvalue weighted by Gasteiger charge is 2.24. The van der Waals surface area contributed by atoms with E-state index in [4.69, 9.17) is 5.73 Å². The van der Waals surface area contributed by atoms with Gasteiger partial charge in [0.2, 0.25) is 10.0 Å². The molecule has 0 aliphatic rings. The first-order valence-electron chi connectivity index (χ1n) is 6.50. The van der Waals surface area contributed by atoms with E-state index in [-0.39, 0.29) is 11.4 Å². The van der Waals surface area contributed by atoms with Crippen molar-refractivity contribution in [3.05, 3.63) is 27.5 Å². The summed E-state index contributed by atoms with van der Waals surface area (Å²) in [5.74, 6) is 0. The van der Waals surface area contributed by atoms with Crippen LogP contribution in [0.15, 0.2) is 11.1 Å². The van der Waals surface area contributed by atoms with Crippen LogP contribution in [-0.4, -0.2) is 29.7 Å². The van der Waals surface area contributed by atoms with Gasteiger partial charge in [-0.3, -0.25) is 4.68 Å². The normalized spacial score (nSPS) is 12.0. The van der Waals surface area contributed by atoms with E-state index in [0.717, 1.165) is 9.88 Å². The van der Waals surface area contributed by atoms with Crippen LogP contribution >= 0.6 is 11.3 Å². The second-order valence-corrected chi connectivity index (χ2v) is 7.71. The third kappa shape index (κ3) is 3.49. The van der Waals surface area contributed by atoms with Gasteiger partial charge in [-0.25, -0.2) is 18.1 Å². The molecule has 3 N–H and O–H groups in total. The zero-order valence-corrected chi connectivity index (χ0v) is 13.9. The van der Waals surface area contributed by atoms with Crippen molar-refractivity contribution in [2.24, 2.45) is 5.73 Å². The first-order chi connectivity index (χ1) is 9.85. The number of hydrogen-bond donors (Lipinski definition) is 2. The number of aryl methyl sites for hydroxylation is 2. The molecular formula is C12H19N5O2S2. The van der Waals surface area contributed by atoms with Gasteiger partial charge in [0.1, 0.15) is 4.90 Å². The number of nitrogens with one attached hydrogen (secondary N) is 1. The summed E-state index contributed by atoms with van der Waals surface area (Å²) in [5.41, 5.74) is 6.59. The third-order valence-electron chi connectivity index (χ3n) is 3.03. The molecule has 7 nitrogen and oxygen atoms in total. The fourth-order valence-corrected chi connectivity index (χ4v) is 4.37. The number of nitrogens with zero attached hydrogens (tertiary/aromatic N) is 3. The van der Waals surface area contributed by atoms with Crippen LogP contribution in [0.3, 0.4) is 0 Å². The highest BCUT2D eigenvalue weighted by atomic mass is 32.2. The summed E-state index contributed by atoms with van der Waals surface area (Å²) >= 11 is 1.47. The maximum Gasteiger partial charge on any atom is 0.244 e. The van der Waals surface area contributed by atoms with E-state index in [1.165, 1.54) is 11.3 Å². The Labute approximate surface area is 128 Å². The minimum Gasteiger partial charge on any atom is -0.329 e. The number of nitrogens with two attached hydrogens (primary N) is 1. The minimum absolute atomic E-state index is 0.231. The van der Waals surface area contributed by atoms with Crippen LogP contribution in [0.4, 0.5) is 0 Å². The number of aromatic nitrogens is 3. The van der Waals surface area contributed by atoms with Crippen molar-refractivity contribution in [3.8, 4) is 0 Å². The van der Waals surface area contributed by atoms with Gasteiger partial charge in [0.25, 0.3) is 0 Å². The summed E-state index contributed by atoms with van der Waals surface area (Å²) in [6.07, 6.45) is 1.68. The molecule has 0 spiro atoms. The van der Waals surface area contributed by atoms with Crippen molar-refractivity contribution in [3.63, 3.8) is 0 Å². The average Bonchev–Trinajstić information content (AvgIpc) is 2.93. The fraction of sp³-hybridized carbons (Fsp3) is 0.500. The maximum absolute atomic E-state index is 12.5. The second-order valence-electron chi connectivity index (χ2n) is 4.68. The molecule has 21 heavy (non-hydrogen) atoms. The van der Waals surface area contributed by atoms with Crippen LogP contribution < -0.4 is 10.5 Å². The Balaban J connectivity index is 2.23. The van der Waals surface area contributed by atoms with Gasteiger partial charge in [-0.2, -0.15) is 5.10 Å². The topological polar surface area (TPSA) is 103 Å². The van der Waals surface area contributed by atoms with Crippen LogP contribution in [0.1, 0.15) is 21.3 Å². The molecule has 0 unspecified atom stereocenters. The molecule has 2 aromatic heterocycles. The van der Waals surface area contributed by atoms with E-state index >= 15 is 0 Å². The van der Waals surface area contributed by atoms with E-state index in [9.17, 15) is 8.42 Å². The van der Waals surface area contributed by atoms with E-state index in [2.05, 4.69) is 14.8 Å². The summed E-state index contributed by atoms with van der Waals surface area (Å²) in [6, 6.07) is 0. The van der Waals surface area contributed by atoms with E-state index in [0.29, 0.717) is 24.5 Å². The first-order valence-corrected chi connectivity index (χ1v) is 8.80. The van der Waals surface area contributed by atoms with Gasteiger partial charge in [0, 0.05) is 24.2 Å². The van der Waals surface area contributed by atoms with Crippen LogP contribution in [0.5, 0.6) is 0 Å². The van der Waals surface area contributed by atoms with Crippen molar-refractivity contribution in [1.82, 2.24) is 19.5 Å². The zero-order chi connectivity index (χ0) is 15.6. The monoisotopic (exact) mass is 329 g/mol. The standard InChI is InChI=1S/C12H19N5O2S2/c1-8-12(9(2)17(16-8)5-4-13)21(18,19)15-7-11-6-14-10(3)20-11/h6,15H,4-5,7,13H2,1-3H3. The Morgan fingerprint density at radius 1 is 1.38 bits per heavy atom. The SMILES string of the molecule is Cc1ncc(CNS(=O)(=O)c2c(C)nn(CCN)c2C)s1. The molecule has 9 heteroatoms. The van der Waals surface area contributed by atoms with Crippen LogP contribution in [0.25, 0.3) is 0 Å². The summed E-state index contributed by atoms with van der Waals surface area (Å²) in [7, 11) is -3.60. The molecular weight excluding hydrogens is 310 g/mol. The molecule has 0 amide bonds. The van der Waals surface area contributed by atoms with Gasteiger partial charge in [-0.1, -0.05) is 0 Å². The predicted octanol–water partition coefficient (Wildman–Crippen LogP) is 0.702. The lowest BCUT2D eigenvalue weighted by atomic mass is 10.4. The highest BCUT2D eigenvalue weighted by Crippen LogP contribution is 2.20. The molecule has 2 aromatic rings. The summed E-state index contributed by atoms with van der Waals surface area (Å²) in [6.45, 7) is 6.44. The Kier molecular flexibility index (Phi) is 4.77. The molecule has 0 aliphatic heterocycles. The van der Waals surface area contributed by atoms with Gasteiger partial charge in [-0.15, -0.1) is 11.3 Å². The molecule has 116 valence electrons. The van der Waals surface area contributed by atoms with Gasteiger partial charge in [-0.05, 0) is 20.8 Å². The Morgan fingerprint density at radius 3 is 2.67 bits per heavy atom. The first kappa shape index (κ1) is 16.1. The van der Waals surface area contributed by atoms with Gasteiger partial charge < -0.3 is 5.73 Å². The highest BCUT2D eigenvalue weighted by molar-refractivity contribution is 7.89. The van der Waals surface area contributed by atoms with Crippen molar-refractivity contribution < 1.29 is 8.42 Å². The largest absolute Gasteiger partial charge is 0.329 e. The van der Waals surface area contributed by atoms with Crippen molar-refractivity contribution in [1.29, 1.82) is 0 Å². The number of hydrogen-bond acceptors (Lipinski definition) is 6. The molecule has 0 bridgehead atoms. The molecule has 0 radical (unpaired) electrons. The molecule has 0 saturated heterocycles. The second kappa shape index (κ2) is 6.22. The van der Waals surface area contributed by atoms with Gasteiger partial charge >= 0.3 is 0 Å². The Morgan fingerprint density at radius 2 is 2.10 bits per heavy atom. The molecule has 0 atom stereocenters. The molecule has 0 aliphatic carbocycles. The molecule has 0 saturated carbocycles. The van der Waals surface area contributed by atoms with Crippen LogP contribution in [0, 0.1) is 20.8 Å². The van der Waals surface area contributed by atoms with Crippen LogP contribution in [0.2, 0.25) is 0 Å². The molecule has 2 rings (SSSR count). The Bertz CT molecular complexity index is 733. The van der Waals surface area contributed by atoms with Gasteiger partial charge in [0.05, 0.1) is 22.9 Å². The fourth-order valence-electron chi connectivity index (χ4n) is 2.13. The molecule has 0 aromatic carbocycles. The maximum atomic E-state index is 12.5. The van der Waals surface area contributed by atoms with E-state index in [1.54, 1.807) is 24.7 Å². The van der Waals surface area contributed by atoms with Crippen molar-refractivity contribution in [2.75, 3.05) is 6.54 Å². The summed E-state index contributed by atoms with van der Waals surface area (Å²) < 4.78 is 29.1. The minimum atomic E-state index is -3.60. The number of sulfonamides is 1. The molecule has 2 heterocycles. The summed E-state index contributed by atoms with van der Waals surface area (Å²) in [5, 5.41) is 5.14. The third-order valence-corrected chi connectivity index (χ3v) is 5.60. The molecule has 0 fully saturated rings. The smallest absolute Gasteiger partial charge is 0.244 e.